The smallest absolute Gasteiger partial charge is 0.0956 e. The molecular formula is C15H24O. The molecule has 0 aromatic carbocycles. The van der Waals surface area contributed by atoms with Gasteiger partial charge in [0.2, 0.25) is 0 Å². The van der Waals surface area contributed by atoms with Gasteiger partial charge in [0.25, 0.3) is 0 Å². The zero-order valence-corrected chi connectivity index (χ0v) is 11.0. The number of epoxide rings is 1. The van der Waals surface area contributed by atoms with Crippen LogP contribution in [0.15, 0.2) is 0 Å². The molecule has 0 aromatic rings. The van der Waals surface area contributed by atoms with E-state index >= 15 is 0 Å². The molecule has 1 heteroatoms. The fraction of sp³-hybridized carbons (Fsp3) is 1.00. The van der Waals surface area contributed by atoms with Gasteiger partial charge >= 0.3 is 0 Å². The Morgan fingerprint density at radius 1 is 1.25 bits per heavy atom. The van der Waals surface area contributed by atoms with E-state index in [2.05, 4.69) is 27.7 Å². The fourth-order valence-electron chi connectivity index (χ4n) is 6.08. The molecule has 4 aliphatic carbocycles. The summed E-state index contributed by atoms with van der Waals surface area (Å²) in [5.74, 6) is 4.75. The average Bonchev–Trinajstić information content (AvgIpc) is 2.89. The lowest BCUT2D eigenvalue weighted by molar-refractivity contribution is -0.227. The van der Waals surface area contributed by atoms with Gasteiger partial charge in [0, 0.05) is 0 Å². The van der Waals surface area contributed by atoms with E-state index in [9.17, 15) is 0 Å². The molecular weight excluding hydrogens is 196 g/mol. The standard InChI is InChI=1S/C15H24O/c1-8(2)9-5-6-14(3)10-7-11-15(4,16-11)13(14)12(9)10/h8-13H,5-7H2,1-4H3/t9-,10?,11?,12-,13+,14+,15-/m1/s1. The van der Waals surface area contributed by atoms with Crippen LogP contribution in [-0.4, -0.2) is 11.7 Å². The van der Waals surface area contributed by atoms with E-state index < -0.39 is 0 Å². The second-order valence-electron chi connectivity index (χ2n) is 7.64. The van der Waals surface area contributed by atoms with Gasteiger partial charge in [-0.05, 0) is 61.2 Å². The Kier molecular flexibility index (Phi) is 1.57. The number of fused-ring (bicyclic) bond motifs is 3. The van der Waals surface area contributed by atoms with Gasteiger partial charge in [0.15, 0.2) is 0 Å². The van der Waals surface area contributed by atoms with Crippen LogP contribution in [-0.2, 0) is 4.74 Å². The second kappa shape index (κ2) is 2.53. The molecule has 0 radical (unpaired) electrons. The first-order valence-electron chi connectivity index (χ1n) is 7.16. The lowest BCUT2D eigenvalue weighted by Gasteiger charge is -2.71. The Morgan fingerprint density at radius 2 is 2.00 bits per heavy atom. The van der Waals surface area contributed by atoms with Crippen LogP contribution in [0.3, 0.4) is 0 Å². The van der Waals surface area contributed by atoms with Gasteiger partial charge in [-0.15, -0.1) is 0 Å². The highest BCUT2D eigenvalue weighted by atomic mass is 16.6. The molecule has 1 saturated heterocycles. The predicted molar refractivity (Wildman–Crippen MR) is 64.0 cm³/mol. The first-order chi connectivity index (χ1) is 7.48. The maximum Gasteiger partial charge on any atom is 0.0956 e. The van der Waals surface area contributed by atoms with E-state index in [0.717, 1.165) is 29.6 Å². The zero-order chi connectivity index (χ0) is 11.3. The van der Waals surface area contributed by atoms with Crippen LogP contribution in [0, 0.1) is 35.0 Å². The Morgan fingerprint density at radius 3 is 2.62 bits per heavy atom. The van der Waals surface area contributed by atoms with Crippen molar-refractivity contribution >= 4 is 0 Å². The van der Waals surface area contributed by atoms with Crippen molar-refractivity contribution < 1.29 is 4.74 Å². The highest BCUT2D eigenvalue weighted by molar-refractivity contribution is 5.27. The first kappa shape index (κ1) is 9.94. The van der Waals surface area contributed by atoms with Crippen LogP contribution in [0.2, 0.25) is 0 Å². The van der Waals surface area contributed by atoms with E-state index in [1.165, 1.54) is 19.3 Å². The monoisotopic (exact) mass is 220 g/mol. The summed E-state index contributed by atoms with van der Waals surface area (Å²) in [6, 6.07) is 0. The van der Waals surface area contributed by atoms with Crippen molar-refractivity contribution in [3.8, 4) is 0 Å². The largest absolute Gasteiger partial charge is 0.366 e. The SMILES string of the molecule is CC(C)[C@H]1CC[C@@]2(C)C3CC4O[C@@]4(C)[C@H]2[C@@H]31. The summed E-state index contributed by atoms with van der Waals surface area (Å²) in [4.78, 5) is 0. The Balaban J connectivity index is 1.73. The maximum atomic E-state index is 6.05. The van der Waals surface area contributed by atoms with E-state index in [4.69, 9.17) is 4.74 Å². The van der Waals surface area contributed by atoms with E-state index in [1.54, 1.807) is 0 Å². The lowest BCUT2D eigenvalue weighted by atomic mass is 9.32. The number of hydrogen-bond acceptors (Lipinski definition) is 1. The Hall–Kier alpha value is -0.0400. The van der Waals surface area contributed by atoms with Crippen LogP contribution in [0.1, 0.15) is 47.0 Å². The van der Waals surface area contributed by atoms with Crippen molar-refractivity contribution in [2.24, 2.45) is 35.0 Å². The summed E-state index contributed by atoms with van der Waals surface area (Å²) in [5.41, 5.74) is 0.944. The fourth-order valence-corrected chi connectivity index (χ4v) is 6.08. The number of hydrogen-bond donors (Lipinski definition) is 0. The van der Waals surface area contributed by atoms with Gasteiger partial charge in [0.1, 0.15) is 0 Å². The molecule has 5 aliphatic rings. The molecule has 1 heterocycles. The molecule has 1 aliphatic heterocycles. The summed E-state index contributed by atoms with van der Waals surface area (Å²) >= 11 is 0. The van der Waals surface area contributed by atoms with Crippen molar-refractivity contribution in [3.05, 3.63) is 0 Å². The number of rotatable bonds is 1. The van der Waals surface area contributed by atoms with Crippen LogP contribution < -0.4 is 0 Å². The molecule has 0 aromatic heterocycles. The highest BCUT2D eigenvalue weighted by Crippen LogP contribution is 2.78. The third-order valence-corrected chi connectivity index (χ3v) is 6.84. The van der Waals surface area contributed by atoms with Crippen molar-refractivity contribution in [1.29, 1.82) is 0 Å². The van der Waals surface area contributed by atoms with Crippen molar-refractivity contribution in [2.75, 3.05) is 0 Å². The first-order valence-corrected chi connectivity index (χ1v) is 7.16. The Bertz CT molecular complexity index is 349. The van der Waals surface area contributed by atoms with Gasteiger partial charge in [-0.25, -0.2) is 0 Å². The molecule has 4 bridgehead atoms. The highest BCUT2D eigenvalue weighted by Gasteiger charge is 2.79. The van der Waals surface area contributed by atoms with Gasteiger partial charge in [0.05, 0.1) is 11.7 Å². The summed E-state index contributed by atoms with van der Waals surface area (Å²) in [5, 5.41) is 0. The van der Waals surface area contributed by atoms with Crippen LogP contribution in [0.5, 0.6) is 0 Å². The molecule has 5 fully saturated rings. The van der Waals surface area contributed by atoms with Crippen LogP contribution >= 0.6 is 0 Å². The minimum Gasteiger partial charge on any atom is -0.366 e. The molecule has 1 nitrogen and oxygen atoms in total. The summed E-state index contributed by atoms with van der Waals surface area (Å²) in [6.45, 7) is 9.80. The van der Waals surface area contributed by atoms with Crippen LogP contribution in [0.25, 0.3) is 0 Å². The molecule has 2 unspecified atom stereocenters. The molecule has 0 amide bonds. The summed E-state index contributed by atoms with van der Waals surface area (Å²) in [7, 11) is 0. The third kappa shape index (κ3) is 0.836. The molecule has 0 N–H and O–H groups in total. The van der Waals surface area contributed by atoms with Crippen LogP contribution in [0.4, 0.5) is 0 Å². The average molecular weight is 220 g/mol. The second-order valence-corrected chi connectivity index (χ2v) is 7.64. The molecule has 0 spiro atoms. The normalized spacial score (nSPS) is 66.2. The van der Waals surface area contributed by atoms with Gasteiger partial charge in [-0.3, -0.25) is 0 Å². The number of ether oxygens (including phenoxy) is 1. The molecule has 4 saturated carbocycles. The van der Waals surface area contributed by atoms with Gasteiger partial charge < -0.3 is 4.74 Å². The molecule has 16 heavy (non-hydrogen) atoms. The van der Waals surface area contributed by atoms with E-state index in [0.29, 0.717) is 17.1 Å². The van der Waals surface area contributed by atoms with Gasteiger partial charge in [-0.2, -0.15) is 0 Å². The van der Waals surface area contributed by atoms with Crippen molar-refractivity contribution in [3.63, 3.8) is 0 Å². The van der Waals surface area contributed by atoms with E-state index in [-0.39, 0.29) is 0 Å². The van der Waals surface area contributed by atoms with E-state index in [1.807, 2.05) is 0 Å². The zero-order valence-electron chi connectivity index (χ0n) is 11.0. The predicted octanol–water partition coefficient (Wildman–Crippen LogP) is 3.48. The minimum absolute atomic E-state index is 0.293. The third-order valence-electron chi connectivity index (χ3n) is 6.84. The molecule has 7 atom stereocenters. The molecule has 90 valence electrons. The van der Waals surface area contributed by atoms with Crippen molar-refractivity contribution in [2.45, 2.75) is 58.7 Å². The summed E-state index contributed by atoms with van der Waals surface area (Å²) < 4.78 is 6.05. The lowest BCUT2D eigenvalue weighted by Crippen LogP contribution is -2.69. The van der Waals surface area contributed by atoms with Crippen molar-refractivity contribution in [1.82, 2.24) is 0 Å². The summed E-state index contributed by atoms with van der Waals surface area (Å²) in [6.07, 6.45) is 4.95. The Labute approximate surface area is 98.9 Å². The quantitative estimate of drug-likeness (QED) is 0.616. The molecule has 5 rings (SSSR count). The minimum atomic E-state index is 0.293. The maximum absolute atomic E-state index is 6.05. The topological polar surface area (TPSA) is 12.5 Å². The van der Waals surface area contributed by atoms with Gasteiger partial charge in [-0.1, -0.05) is 20.8 Å².